The molecule has 0 aromatic heterocycles. The zero-order chi connectivity index (χ0) is 18.2. The van der Waals surface area contributed by atoms with Crippen LogP contribution >= 0.6 is 0 Å². The number of carbonyl (C=O) groups is 3. The van der Waals surface area contributed by atoms with E-state index in [0.717, 1.165) is 17.7 Å². The predicted molar refractivity (Wildman–Crippen MR) is 96.2 cm³/mol. The monoisotopic (exact) mass is 346 g/mol. The number of nitrogens with one attached hydrogen (secondary N) is 2. The van der Waals surface area contributed by atoms with Crippen molar-refractivity contribution in [1.29, 1.82) is 0 Å². The minimum atomic E-state index is -0.240. The highest BCUT2D eigenvalue weighted by Gasteiger charge is 2.20. The number of benzene rings is 1. The van der Waals surface area contributed by atoms with Crippen LogP contribution in [0.1, 0.15) is 19.4 Å². The molecule has 0 saturated carbocycles. The van der Waals surface area contributed by atoms with Crippen LogP contribution in [0.5, 0.6) is 0 Å². The van der Waals surface area contributed by atoms with E-state index in [1.54, 1.807) is 11.8 Å². The van der Waals surface area contributed by atoms with Gasteiger partial charge in [0.25, 0.3) is 0 Å². The number of aryl methyl sites for hydroxylation is 1. The minimum absolute atomic E-state index is 0.0513. The lowest BCUT2D eigenvalue weighted by Crippen LogP contribution is -2.51. The molecule has 1 aromatic carbocycles. The van der Waals surface area contributed by atoms with Gasteiger partial charge in [0.15, 0.2) is 0 Å². The van der Waals surface area contributed by atoms with Crippen LogP contribution in [0.2, 0.25) is 0 Å². The lowest BCUT2D eigenvalue weighted by Gasteiger charge is -2.33. The van der Waals surface area contributed by atoms with Gasteiger partial charge in [-0.05, 0) is 18.1 Å². The summed E-state index contributed by atoms with van der Waals surface area (Å²) in [7, 11) is 0. The first-order valence-electron chi connectivity index (χ1n) is 8.62. The lowest BCUT2D eigenvalue weighted by atomic mass is 10.1. The summed E-state index contributed by atoms with van der Waals surface area (Å²) in [4.78, 5) is 39.0. The number of anilines is 1. The number of rotatable bonds is 6. The van der Waals surface area contributed by atoms with Gasteiger partial charge in [0.05, 0.1) is 13.1 Å². The molecule has 1 saturated heterocycles. The van der Waals surface area contributed by atoms with Crippen molar-refractivity contribution in [2.24, 2.45) is 0 Å². The fourth-order valence-corrected chi connectivity index (χ4v) is 2.80. The van der Waals surface area contributed by atoms with Crippen LogP contribution < -0.4 is 10.6 Å². The van der Waals surface area contributed by atoms with E-state index in [2.05, 4.69) is 10.6 Å². The molecule has 1 fully saturated rings. The van der Waals surface area contributed by atoms with Crippen molar-refractivity contribution in [2.45, 2.75) is 20.3 Å². The maximum absolute atomic E-state index is 12.0. The quantitative estimate of drug-likeness (QED) is 0.784. The zero-order valence-electron chi connectivity index (χ0n) is 14.9. The molecule has 1 heterocycles. The van der Waals surface area contributed by atoms with Gasteiger partial charge in [-0.1, -0.05) is 25.1 Å². The zero-order valence-corrected chi connectivity index (χ0v) is 14.9. The Morgan fingerprint density at radius 3 is 2.36 bits per heavy atom. The normalized spacial score (nSPS) is 14.9. The van der Waals surface area contributed by atoms with Crippen molar-refractivity contribution in [3.05, 3.63) is 29.8 Å². The fraction of sp³-hybridized carbons (Fsp3) is 0.500. The summed E-state index contributed by atoms with van der Waals surface area (Å²) >= 11 is 0. The topological polar surface area (TPSA) is 81.8 Å². The molecule has 0 aliphatic carbocycles. The molecule has 1 aliphatic rings. The van der Waals surface area contributed by atoms with E-state index in [9.17, 15) is 14.4 Å². The smallest absolute Gasteiger partial charge is 0.243 e. The molecule has 3 amide bonds. The standard InChI is InChI=1S/C18H26N4O3/c1-3-15-6-4-5-7-16(15)20-17(24)12-19-18(25)13-21-8-10-22(11-9-21)14(2)23/h4-7H,3,8-13H2,1-2H3,(H,19,25)(H,20,24). The van der Waals surface area contributed by atoms with Crippen molar-refractivity contribution in [1.82, 2.24) is 15.1 Å². The first-order chi connectivity index (χ1) is 12.0. The Bertz CT molecular complexity index is 625. The number of nitrogens with zero attached hydrogens (tertiary/aromatic N) is 2. The van der Waals surface area contributed by atoms with Crippen LogP contribution in [0.4, 0.5) is 5.69 Å². The highest BCUT2D eigenvalue weighted by atomic mass is 16.2. The van der Waals surface area contributed by atoms with Gasteiger partial charge in [-0.3, -0.25) is 19.3 Å². The molecule has 2 N–H and O–H groups in total. The fourth-order valence-electron chi connectivity index (χ4n) is 2.80. The number of hydrogen-bond acceptors (Lipinski definition) is 4. The summed E-state index contributed by atoms with van der Waals surface area (Å²) in [6, 6.07) is 7.62. The molecule has 7 nitrogen and oxygen atoms in total. The Morgan fingerprint density at radius 2 is 1.72 bits per heavy atom. The van der Waals surface area contributed by atoms with Crippen LogP contribution in [-0.4, -0.2) is 66.8 Å². The molecule has 0 bridgehead atoms. The van der Waals surface area contributed by atoms with Gasteiger partial charge in [0, 0.05) is 38.8 Å². The minimum Gasteiger partial charge on any atom is -0.346 e. The molecule has 0 spiro atoms. The summed E-state index contributed by atoms with van der Waals surface area (Å²) in [5.74, 6) is -0.362. The molecular formula is C18H26N4O3. The van der Waals surface area contributed by atoms with E-state index in [4.69, 9.17) is 0 Å². The van der Waals surface area contributed by atoms with E-state index < -0.39 is 0 Å². The van der Waals surface area contributed by atoms with Gasteiger partial charge >= 0.3 is 0 Å². The van der Waals surface area contributed by atoms with Gasteiger partial charge in [0.1, 0.15) is 0 Å². The highest BCUT2D eigenvalue weighted by Crippen LogP contribution is 2.14. The molecule has 136 valence electrons. The highest BCUT2D eigenvalue weighted by molar-refractivity contribution is 5.95. The Labute approximate surface area is 148 Å². The summed E-state index contributed by atoms with van der Waals surface area (Å²) in [5, 5.41) is 5.48. The number of amides is 3. The average molecular weight is 346 g/mol. The Kier molecular flexibility index (Phi) is 6.94. The SMILES string of the molecule is CCc1ccccc1NC(=O)CNC(=O)CN1CCN(C(C)=O)CC1. The third-order valence-corrected chi connectivity index (χ3v) is 4.30. The third-order valence-electron chi connectivity index (χ3n) is 4.30. The van der Waals surface area contributed by atoms with Gasteiger partial charge in [-0.25, -0.2) is 0 Å². The molecule has 1 aliphatic heterocycles. The predicted octanol–water partition coefficient (Wildman–Crippen LogP) is 0.468. The van der Waals surface area contributed by atoms with Crippen molar-refractivity contribution >= 4 is 23.4 Å². The Hall–Kier alpha value is -2.41. The Morgan fingerprint density at radius 1 is 1.04 bits per heavy atom. The number of hydrogen-bond donors (Lipinski definition) is 2. The first-order valence-corrected chi connectivity index (χ1v) is 8.62. The van der Waals surface area contributed by atoms with E-state index in [-0.39, 0.29) is 30.8 Å². The second-order valence-electron chi connectivity index (χ2n) is 6.12. The summed E-state index contributed by atoms with van der Waals surface area (Å²) in [6.45, 7) is 6.38. The summed E-state index contributed by atoms with van der Waals surface area (Å²) in [6.07, 6.45) is 0.828. The molecule has 0 radical (unpaired) electrons. The molecule has 1 aromatic rings. The van der Waals surface area contributed by atoms with Crippen LogP contribution in [0.15, 0.2) is 24.3 Å². The average Bonchev–Trinajstić information content (AvgIpc) is 2.61. The van der Waals surface area contributed by atoms with E-state index in [1.807, 2.05) is 36.1 Å². The molecule has 2 rings (SSSR count). The van der Waals surface area contributed by atoms with Crippen molar-refractivity contribution in [2.75, 3.05) is 44.6 Å². The van der Waals surface area contributed by atoms with Crippen molar-refractivity contribution in [3.8, 4) is 0 Å². The summed E-state index contributed by atoms with van der Waals surface area (Å²) in [5.41, 5.74) is 1.84. The lowest BCUT2D eigenvalue weighted by molar-refractivity contribution is -0.131. The van der Waals surface area contributed by atoms with Crippen LogP contribution in [-0.2, 0) is 20.8 Å². The number of carbonyl (C=O) groups excluding carboxylic acids is 3. The van der Waals surface area contributed by atoms with Crippen LogP contribution in [0.3, 0.4) is 0 Å². The van der Waals surface area contributed by atoms with E-state index >= 15 is 0 Å². The maximum Gasteiger partial charge on any atom is 0.243 e. The number of piperazine rings is 1. The third kappa shape index (κ3) is 5.86. The molecular weight excluding hydrogens is 320 g/mol. The van der Waals surface area contributed by atoms with Crippen LogP contribution in [0.25, 0.3) is 0 Å². The first kappa shape index (κ1) is 18.9. The van der Waals surface area contributed by atoms with Crippen molar-refractivity contribution in [3.63, 3.8) is 0 Å². The van der Waals surface area contributed by atoms with Crippen molar-refractivity contribution < 1.29 is 14.4 Å². The van der Waals surface area contributed by atoms with E-state index in [1.165, 1.54) is 0 Å². The van der Waals surface area contributed by atoms with E-state index in [0.29, 0.717) is 26.2 Å². The molecule has 25 heavy (non-hydrogen) atoms. The van der Waals surface area contributed by atoms with Crippen LogP contribution in [0, 0.1) is 0 Å². The van der Waals surface area contributed by atoms with Gasteiger partial charge < -0.3 is 15.5 Å². The second-order valence-corrected chi connectivity index (χ2v) is 6.12. The maximum atomic E-state index is 12.0. The largest absolute Gasteiger partial charge is 0.346 e. The molecule has 0 unspecified atom stereocenters. The molecule has 0 atom stereocenters. The van der Waals surface area contributed by atoms with Gasteiger partial charge in [-0.2, -0.15) is 0 Å². The summed E-state index contributed by atoms with van der Waals surface area (Å²) < 4.78 is 0. The second kappa shape index (κ2) is 9.17. The molecule has 7 heteroatoms. The Balaban J connectivity index is 1.71. The van der Waals surface area contributed by atoms with Gasteiger partial charge in [0.2, 0.25) is 17.7 Å². The van der Waals surface area contributed by atoms with Gasteiger partial charge in [-0.15, -0.1) is 0 Å². The number of para-hydroxylation sites is 1.